The summed E-state index contributed by atoms with van der Waals surface area (Å²) in [4.78, 5) is 26.5. The Kier molecular flexibility index (Phi) is 8.42. The van der Waals surface area contributed by atoms with Crippen LogP contribution < -0.4 is 10.6 Å². The van der Waals surface area contributed by atoms with E-state index in [1.54, 1.807) is 0 Å². The molecule has 0 fully saturated rings. The number of hydrogen-bond donors (Lipinski definition) is 2. The third-order valence-corrected chi connectivity index (χ3v) is 6.38. The van der Waals surface area contributed by atoms with Gasteiger partial charge in [0.2, 0.25) is 11.8 Å². The summed E-state index contributed by atoms with van der Waals surface area (Å²) in [7, 11) is 0. The van der Waals surface area contributed by atoms with Crippen LogP contribution in [0, 0.1) is 0 Å². The van der Waals surface area contributed by atoms with E-state index in [9.17, 15) is 9.59 Å². The fourth-order valence-corrected chi connectivity index (χ4v) is 3.76. The average Bonchev–Trinajstić information content (AvgIpc) is 2.84. The number of anilines is 2. The zero-order chi connectivity index (χ0) is 23.8. The molecule has 3 aromatic rings. The molecule has 0 bridgehead atoms. The molecule has 3 rings (SSSR count). The molecule has 4 heteroatoms. The Bertz CT molecular complexity index is 976. The van der Waals surface area contributed by atoms with Crippen molar-refractivity contribution in [1.82, 2.24) is 0 Å². The van der Waals surface area contributed by atoms with Crippen molar-refractivity contribution in [3.63, 3.8) is 0 Å². The number of benzene rings is 3. The van der Waals surface area contributed by atoms with Crippen LogP contribution in [0.15, 0.2) is 78.9 Å². The summed E-state index contributed by atoms with van der Waals surface area (Å²) in [6.45, 7) is 8.67. The maximum Gasteiger partial charge on any atom is 0.241 e. The first-order valence-electron chi connectivity index (χ1n) is 11.8. The Balaban J connectivity index is 1.78. The van der Waals surface area contributed by atoms with Crippen LogP contribution in [0.25, 0.3) is 0 Å². The summed E-state index contributed by atoms with van der Waals surface area (Å²) in [6.07, 6.45) is 2.11. The first-order chi connectivity index (χ1) is 15.9. The topological polar surface area (TPSA) is 58.2 Å². The summed E-state index contributed by atoms with van der Waals surface area (Å²) in [5, 5.41) is 5.85. The van der Waals surface area contributed by atoms with Gasteiger partial charge >= 0.3 is 0 Å². The van der Waals surface area contributed by atoms with E-state index in [1.165, 1.54) is 11.1 Å². The van der Waals surface area contributed by atoms with Gasteiger partial charge in [-0.05, 0) is 65.6 Å². The van der Waals surface area contributed by atoms with Crippen LogP contribution >= 0.6 is 0 Å². The van der Waals surface area contributed by atoms with Crippen LogP contribution in [-0.4, -0.2) is 11.8 Å². The van der Waals surface area contributed by atoms with Crippen molar-refractivity contribution < 1.29 is 9.59 Å². The molecule has 0 spiro atoms. The van der Waals surface area contributed by atoms with Gasteiger partial charge in [-0.2, -0.15) is 0 Å². The second-order valence-corrected chi connectivity index (χ2v) is 8.68. The number of hydrogen-bond acceptors (Lipinski definition) is 2. The predicted octanol–water partition coefficient (Wildman–Crippen LogP) is 7.07. The Morgan fingerprint density at radius 2 is 1.00 bits per heavy atom. The number of carbonyl (C=O) groups excluding carboxylic acids is 2. The third kappa shape index (κ3) is 6.32. The zero-order valence-corrected chi connectivity index (χ0v) is 20.0. The van der Waals surface area contributed by atoms with Crippen LogP contribution in [0.4, 0.5) is 11.4 Å². The van der Waals surface area contributed by atoms with Gasteiger partial charge in [-0.15, -0.1) is 0 Å². The van der Waals surface area contributed by atoms with Crippen LogP contribution in [0.3, 0.4) is 0 Å². The lowest BCUT2D eigenvalue weighted by Gasteiger charge is -2.18. The molecule has 2 atom stereocenters. The predicted molar refractivity (Wildman–Crippen MR) is 137 cm³/mol. The molecule has 0 aliphatic rings. The van der Waals surface area contributed by atoms with E-state index in [4.69, 9.17) is 0 Å². The van der Waals surface area contributed by atoms with E-state index in [-0.39, 0.29) is 11.8 Å². The molecule has 4 nitrogen and oxygen atoms in total. The lowest BCUT2D eigenvalue weighted by molar-refractivity contribution is -0.125. The molecule has 0 saturated heterocycles. The smallest absolute Gasteiger partial charge is 0.241 e. The molecular weight excluding hydrogens is 408 g/mol. The van der Waals surface area contributed by atoms with E-state index in [2.05, 4.69) is 38.3 Å². The molecule has 0 aromatic heterocycles. The Morgan fingerprint density at radius 1 is 0.606 bits per heavy atom. The molecule has 172 valence electrons. The zero-order valence-electron chi connectivity index (χ0n) is 20.0. The minimum Gasteiger partial charge on any atom is -0.325 e. The second-order valence-electron chi connectivity index (χ2n) is 8.68. The summed E-state index contributed by atoms with van der Waals surface area (Å²) in [5.74, 6) is -0.749. The molecule has 2 N–H and O–H groups in total. The van der Waals surface area contributed by atoms with Crippen LogP contribution in [0.5, 0.6) is 0 Å². The van der Waals surface area contributed by atoms with Gasteiger partial charge in [0.1, 0.15) is 5.92 Å². The van der Waals surface area contributed by atoms with E-state index < -0.39 is 5.92 Å². The SMILES string of the molecule is CCC(C)c1ccc(NC(=O)C(C(=O)Nc2ccc(C(C)CC)cc2)c2ccccc2)cc1. The number of amides is 2. The van der Waals surface area contributed by atoms with Crippen LogP contribution in [0.1, 0.15) is 75.0 Å². The summed E-state index contributed by atoms with van der Waals surface area (Å²) in [6, 6.07) is 24.9. The summed E-state index contributed by atoms with van der Waals surface area (Å²) >= 11 is 0. The number of nitrogens with one attached hydrogen (secondary N) is 2. The highest BCUT2D eigenvalue weighted by Gasteiger charge is 2.29. The van der Waals surface area contributed by atoms with E-state index in [0.29, 0.717) is 28.8 Å². The highest BCUT2D eigenvalue weighted by molar-refractivity contribution is 6.15. The first kappa shape index (κ1) is 24.2. The molecule has 0 aliphatic heterocycles. The Hall–Kier alpha value is -3.40. The minimum absolute atomic E-state index is 0.355. The summed E-state index contributed by atoms with van der Waals surface area (Å²) in [5.41, 5.74) is 4.47. The molecule has 0 radical (unpaired) electrons. The molecule has 0 heterocycles. The van der Waals surface area contributed by atoms with Gasteiger partial charge in [-0.25, -0.2) is 0 Å². The molecule has 3 aromatic carbocycles. The van der Waals surface area contributed by atoms with Gasteiger partial charge in [-0.1, -0.05) is 82.3 Å². The fraction of sp³-hybridized carbons (Fsp3) is 0.310. The maximum absolute atomic E-state index is 13.2. The van der Waals surface area contributed by atoms with Gasteiger partial charge in [-0.3, -0.25) is 9.59 Å². The van der Waals surface area contributed by atoms with Gasteiger partial charge in [0, 0.05) is 11.4 Å². The van der Waals surface area contributed by atoms with Gasteiger partial charge < -0.3 is 10.6 Å². The molecule has 0 saturated carbocycles. The van der Waals surface area contributed by atoms with Crippen molar-refractivity contribution in [3.05, 3.63) is 95.6 Å². The standard InChI is InChI=1S/C29H34N2O2/c1-5-20(3)22-12-16-25(17-13-22)30-28(32)27(24-10-8-7-9-11-24)29(33)31-26-18-14-23(15-19-26)21(4)6-2/h7-21,27H,5-6H2,1-4H3,(H,30,32)(H,31,33). The van der Waals surface area contributed by atoms with Crippen molar-refractivity contribution in [2.24, 2.45) is 0 Å². The van der Waals surface area contributed by atoms with Crippen molar-refractivity contribution in [2.45, 2.75) is 58.3 Å². The largest absolute Gasteiger partial charge is 0.325 e. The fourth-order valence-electron chi connectivity index (χ4n) is 3.76. The quantitative estimate of drug-likeness (QED) is 0.348. The molecule has 2 amide bonds. The minimum atomic E-state index is -0.963. The number of rotatable bonds is 9. The molecule has 33 heavy (non-hydrogen) atoms. The van der Waals surface area contributed by atoms with E-state index in [0.717, 1.165) is 12.8 Å². The van der Waals surface area contributed by atoms with E-state index in [1.807, 2.05) is 78.9 Å². The second kappa shape index (κ2) is 11.5. The lowest BCUT2D eigenvalue weighted by atomic mass is 9.96. The molecular formula is C29H34N2O2. The maximum atomic E-state index is 13.2. The van der Waals surface area contributed by atoms with Crippen LogP contribution in [0.2, 0.25) is 0 Å². The van der Waals surface area contributed by atoms with Crippen molar-refractivity contribution >= 4 is 23.2 Å². The first-order valence-corrected chi connectivity index (χ1v) is 11.8. The Morgan fingerprint density at radius 3 is 1.36 bits per heavy atom. The molecule has 0 aliphatic carbocycles. The van der Waals surface area contributed by atoms with E-state index >= 15 is 0 Å². The average molecular weight is 443 g/mol. The van der Waals surface area contributed by atoms with Gasteiger partial charge in [0.25, 0.3) is 0 Å². The third-order valence-electron chi connectivity index (χ3n) is 6.38. The van der Waals surface area contributed by atoms with Crippen molar-refractivity contribution in [2.75, 3.05) is 10.6 Å². The van der Waals surface area contributed by atoms with Crippen LogP contribution in [-0.2, 0) is 9.59 Å². The normalized spacial score (nSPS) is 13.6. The highest BCUT2D eigenvalue weighted by atomic mass is 16.2. The van der Waals surface area contributed by atoms with Crippen molar-refractivity contribution in [1.29, 1.82) is 0 Å². The number of carbonyl (C=O) groups is 2. The van der Waals surface area contributed by atoms with Gasteiger partial charge in [0.05, 0.1) is 0 Å². The monoisotopic (exact) mass is 442 g/mol. The lowest BCUT2D eigenvalue weighted by Crippen LogP contribution is -2.32. The highest BCUT2D eigenvalue weighted by Crippen LogP contribution is 2.25. The van der Waals surface area contributed by atoms with Gasteiger partial charge in [0.15, 0.2) is 0 Å². The van der Waals surface area contributed by atoms with Crippen molar-refractivity contribution in [3.8, 4) is 0 Å². The summed E-state index contributed by atoms with van der Waals surface area (Å²) < 4.78 is 0. The molecule has 2 unspecified atom stereocenters. The Labute approximate surface area is 197 Å².